The molecule has 3 nitrogen and oxygen atoms in total. The molecule has 0 aliphatic carbocycles. The van der Waals surface area contributed by atoms with E-state index in [1.165, 1.54) is 103 Å². The highest BCUT2D eigenvalue weighted by Gasteiger charge is 2.37. The average molecular weight is 356 g/mol. The van der Waals surface area contributed by atoms with E-state index in [9.17, 15) is 5.11 Å². The first kappa shape index (κ1) is 22.9. The van der Waals surface area contributed by atoms with Crippen molar-refractivity contribution in [3.8, 4) is 0 Å². The van der Waals surface area contributed by atoms with E-state index in [1.54, 1.807) is 0 Å². The Morgan fingerprint density at radius 3 is 1.36 bits per heavy atom. The molecular formula is C22H45NO2. The van der Waals surface area contributed by atoms with Crippen LogP contribution in [0.3, 0.4) is 0 Å². The van der Waals surface area contributed by atoms with Crippen molar-refractivity contribution in [1.82, 2.24) is 5.32 Å². The number of aliphatic hydroxyl groups excluding tert-OH is 2. The van der Waals surface area contributed by atoms with E-state index in [-0.39, 0.29) is 24.8 Å². The fourth-order valence-electron chi connectivity index (χ4n) is 3.96. The van der Waals surface area contributed by atoms with Crippen molar-refractivity contribution < 1.29 is 10.2 Å². The predicted molar refractivity (Wildman–Crippen MR) is 108 cm³/mol. The minimum atomic E-state index is -0.332. The summed E-state index contributed by atoms with van der Waals surface area (Å²) in [7, 11) is 0. The van der Waals surface area contributed by atoms with Gasteiger partial charge in [-0.2, -0.15) is 0 Å². The monoisotopic (exact) mass is 355 g/mol. The van der Waals surface area contributed by atoms with Gasteiger partial charge in [-0.15, -0.1) is 0 Å². The normalized spacial score (nSPS) is 22.9. The molecule has 1 heterocycles. The van der Waals surface area contributed by atoms with Crippen molar-refractivity contribution >= 4 is 0 Å². The van der Waals surface area contributed by atoms with Crippen LogP contribution in [0, 0.1) is 0 Å². The van der Waals surface area contributed by atoms with Crippen molar-refractivity contribution in [2.24, 2.45) is 0 Å². The van der Waals surface area contributed by atoms with Gasteiger partial charge in [-0.3, -0.25) is 0 Å². The molecular weight excluding hydrogens is 310 g/mol. The Morgan fingerprint density at radius 2 is 1.00 bits per heavy atom. The smallest absolute Gasteiger partial charge is 0.0868 e. The molecule has 150 valence electrons. The zero-order valence-corrected chi connectivity index (χ0v) is 16.9. The SMILES string of the molecule is CCCCCCCCCCCCCCCCCC[C@@H]1N[C@@H](CO)[C@@H]1O. The molecule has 0 aromatic rings. The maximum Gasteiger partial charge on any atom is 0.0868 e. The summed E-state index contributed by atoms with van der Waals surface area (Å²) in [6.45, 7) is 2.34. The van der Waals surface area contributed by atoms with Gasteiger partial charge in [-0.25, -0.2) is 0 Å². The summed E-state index contributed by atoms with van der Waals surface area (Å²) in [6, 6.07) is 0.148. The number of unbranched alkanes of at least 4 members (excludes halogenated alkanes) is 15. The van der Waals surface area contributed by atoms with Crippen LogP contribution >= 0.6 is 0 Å². The summed E-state index contributed by atoms with van der Waals surface area (Å²) in [5, 5.41) is 22.0. The molecule has 0 spiro atoms. The van der Waals surface area contributed by atoms with E-state index in [4.69, 9.17) is 5.11 Å². The van der Waals surface area contributed by atoms with E-state index < -0.39 is 0 Å². The van der Waals surface area contributed by atoms with Crippen molar-refractivity contribution in [2.45, 2.75) is 134 Å². The van der Waals surface area contributed by atoms with Crippen LogP contribution in [0.2, 0.25) is 0 Å². The van der Waals surface area contributed by atoms with Crippen molar-refractivity contribution in [3.05, 3.63) is 0 Å². The summed E-state index contributed by atoms with van der Waals surface area (Å²) in [5.74, 6) is 0. The Hall–Kier alpha value is -0.120. The first-order chi connectivity index (χ1) is 12.3. The van der Waals surface area contributed by atoms with Gasteiger partial charge < -0.3 is 15.5 Å². The van der Waals surface area contributed by atoms with E-state index >= 15 is 0 Å². The maximum atomic E-state index is 9.77. The fraction of sp³-hybridized carbons (Fsp3) is 1.00. The highest BCUT2D eigenvalue weighted by Crippen LogP contribution is 2.19. The summed E-state index contributed by atoms with van der Waals surface area (Å²) in [4.78, 5) is 0. The lowest BCUT2D eigenvalue weighted by atomic mass is 9.89. The molecule has 1 aliphatic rings. The Kier molecular flexibility index (Phi) is 14.7. The molecule has 0 aromatic heterocycles. The first-order valence-corrected chi connectivity index (χ1v) is 11.3. The quantitative estimate of drug-likeness (QED) is 0.291. The second kappa shape index (κ2) is 16.1. The Morgan fingerprint density at radius 1 is 0.600 bits per heavy atom. The standard InChI is InChI=1S/C22H45NO2/c1-2-3-4-5-6-7-8-9-10-11-12-13-14-15-16-17-18-20-22(25)21(19-24)23-20/h20-25H,2-19H2,1H3/t20-,21-,22+/m0/s1. The molecule has 1 aliphatic heterocycles. The highest BCUT2D eigenvalue weighted by molar-refractivity contribution is 4.97. The van der Waals surface area contributed by atoms with Crippen LogP contribution in [0.15, 0.2) is 0 Å². The van der Waals surface area contributed by atoms with E-state index in [1.807, 2.05) is 0 Å². The summed E-state index contributed by atoms with van der Waals surface area (Å²) >= 11 is 0. The van der Waals surface area contributed by atoms with E-state index in [2.05, 4.69) is 12.2 Å². The van der Waals surface area contributed by atoms with Crippen molar-refractivity contribution in [1.29, 1.82) is 0 Å². The molecule has 1 fully saturated rings. The third kappa shape index (κ3) is 11.2. The molecule has 3 atom stereocenters. The molecule has 0 saturated carbocycles. The van der Waals surface area contributed by atoms with E-state index in [0.29, 0.717) is 0 Å². The lowest BCUT2D eigenvalue weighted by Crippen LogP contribution is -2.66. The van der Waals surface area contributed by atoms with Crippen LogP contribution in [-0.4, -0.2) is 35.0 Å². The molecule has 0 amide bonds. The van der Waals surface area contributed by atoms with Crippen LogP contribution in [0.5, 0.6) is 0 Å². The van der Waals surface area contributed by atoms with Crippen LogP contribution in [0.1, 0.15) is 116 Å². The molecule has 25 heavy (non-hydrogen) atoms. The van der Waals surface area contributed by atoms with Gasteiger partial charge in [0.05, 0.1) is 18.8 Å². The lowest BCUT2D eigenvalue weighted by Gasteiger charge is -2.42. The molecule has 0 unspecified atom stereocenters. The largest absolute Gasteiger partial charge is 0.395 e. The summed E-state index contributed by atoms with van der Waals surface area (Å²) < 4.78 is 0. The summed E-state index contributed by atoms with van der Waals surface area (Å²) in [5.41, 5.74) is 0. The van der Waals surface area contributed by atoms with Gasteiger partial charge >= 0.3 is 0 Å². The Bertz CT molecular complexity index is 285. The molecule has 1 rings (SSSR count). The van der Waals surface area contributed by atoms with E-state index in [0.717, 1.165) is 6.42 Å². The number of hydrogen-bond donors (Lipinski definition) is 3. The van der Waals surface area contributed by atoms with Gasteiger partial charge in [0.25, 0.3) is 0 Å². The Labute approximate surface area is 157 Å². The van der Waals surface area contributed by atoms with Gasteiger partial charge in [-0.1, -0.05) is 110 Å². The maximum absolute atomic E-state index is 9.77. The minimum Gasteiger partial charge on any atom is -0.395 e. The number of nitrogens with one attached hydrogen (secondary N) is 1. The summed E-state index contributed by atoms with van der Waals surface area (Å²) in [6.07, 6.45) is 23.1. The lowest BCUT2D eigenvalue weighted by molar-refractivity contribution is -0.0192. The topological polar surface area (TPSA) is 52.5 Å². The number of hydrogen-bond acceptors (Lipinski definition) is 3. The molecule has 3 heteroatoms. The van der Waals surface area contributed by atoms with Crippen LogP contribution in [0.4, 0.5) is 0 Å². The zero-order valence-electron chi connectivity index (χ0n) is 16.9. The second-order valence-electron chi connectivity index (χ2n) is 8.14. The predicted octanol–water partition coefficient (Wildman–Crippen LogP) is 5.33. The van der Waals surface area contributed by atoms with Crippen LogP contribution in [0.25, 0.3) is 0 Å². The van der Waals surface area contributed by atoms with Crippen molar-refractivity contribution in [2.75, 3.05) is 6.61 Å². The Balaban J connectivity index is 1.69. The molecule has 1 saturated heterocycles. The van der Waals surface area contributed by atoms with Crippen LogP contribution in [-0.2, 0) is 0 Å². The number of aliphatic hydroxyl groups is 2. The fourth-order valence-corrected chi connectivity index (χ4v) is 3.96. The minimum absolute atomic E-state index is 0.0522. The molecule has 0 radical (unpaired) electrons. The van der Waals surface area contributed by atoms with Gasteiger partial charge in [0.2, 0.25) is 0 Å². The van der Waals surface area contributed by atoms with Gasteiger partial charge in [-0.05, 0) is 6.42 Å². The average Bonchev–Trinajstić information content (AvgIpc) is 2.62. The van der Waals surface area contributed by atoms with Gasteiger partial charge in [0.1, 0.15) is 0 Å². The first-order valence-electron chi connectivity index (χ1n) is 11.3. The van der Waals surface area contributed by atoms with Gasteiger partial charge in [0.15, 0.2) is 0 Å². The highest BCUT2D eigenvalue weighted by atomic mass is 16.3. The molecule has 3 N–H and O–H groups in total. The second-order valence-corrected chi connectivity index (χ2v) is 8.14. The third-order valence-corrected chi connectivity index (χ3v) is 5.82. The zero-order chi connectivity index (χ0) is 18.2. The van der Waals surface area contributed by atoms with Crippen LogP contribution < -0.4 is 5.32 Å². The molecule has 0 bridgehead atoms. The third-order valence-electron chi connectivity index (χ3n) is 5.82. The molecule has 0 aromatic carbocycles. The van der Waals surface area contributed by atoms with Gasteiger partial charge in [0, 0.05) is 6.04 Å². The number of rotatable bonds is 18. The van der Waals surface area contributed by atoms with Crippen molar-refractivity contribution in [3.63, 3.8) is 0 Å².